The van der Waals surface area contributed by atoms with E-state index in [2.05, 4.69) is 31.3 Å². The van der Waals surface area contributed by atoms with Gasteiger partial charge in [-0.2, -0.15) is 15.0 Å². The average molecular weight is 516 g/mol. The Morgan fingerprint density at radius 2 is 2.03 bits per heavy atom. The van der Waals surface area contributed by atoms with Crippen molar-refractivity contribution in [3.05, 3.63) is 35.4 Å². The molecule has 0 unspecified atom stereocenters. The molecule has 0 bridgehead atoms. The third-order valence-electron chi connectivity index (χ3n) is 7.31. The molecule has 5 rings (SSSR count). The predicted octanol–water partition coefficient (Wildman–Crippen LogP) is 2.41. The van der Waals surface area contributed by atoms with Crippen LogP contribution in [0.3, 0.4) is 0 Å². The Kier molecular flexibility index (Phi) is 6.55. The molecule has 3 aliphatic rings. The number of rotatable bonds is 8. The highest BCUT2D eigenvalue weighted by atomic mass is 19.3. The highest BCUT2D eigenvalue weighted by Crippen LogP contribution is 2.48. The number of hydrogen-bond donors (Lipinski definition) is 2. The third kappa shape index (κ3) is 5.53. The van der Waals surface area contributed by atoms with Crippen molar-refractivity contribution in [1.29, 1.82) is 0 Å². The molecule has 2 aromatic rings. The van der Waals surface area contributed by atoms with Crippen molar-refractivity contribution in [2.24, 2.45) is 16.8 Å². The third-order valence-corrected chi connectivity index (χ3v) is 7.31. The van der Waals surface area contributed by atoms with Crippen molar-refractivity contribution in [3.8, 4) is 6.01 Å². The molecule has 0 aromatic carbocycles. The molecule has 4 heterocycles. The van der Waals surface area contributed by atoms with Crippen LogP contribution in [0.1, 0.15) is 61.9 Å². The highest BCUT2D eigenvalue weighted by Gasteiger charge is 2.57. The van der Waals surface area contributed by atoms with Crippen LogP contribution in [-0.4, -0.2) is 73.9 Å². The SMILES string of the molecule is C[C@@H](NC(=O)c1nc(OC[C@H]2CC2(F)F)nc(N2CCC(C3=NCc4ncccc43)CC2)n1)C(C)(C)O. The van der Waals surface area contributed by atoms with Gasteiger partial charge in [-0.25, -0.2) is 8.78 Å². The fourth-order valence-electron chi connectivity index (χ4n) is 4.46. The molecule has 1 saturated heterocycles. The number of aliphatic imine (C=N–C) groups is 1. The maximum atomic E-state index is 13.3. The number of fused-ring (bicyclic) bond motifs is 1. The van der Waals surface area contributed by atoms with Crippen LogP contribution in [0.25, 0.3) is 0 Å². The predicted molar refractivity (Wildman–Crippen MR) is 131 cm³/mol. The van der Waals surface area contributed by atoms with Gasteiger partial charge in [0.05, 0.1) is 29.8 Å². The number of carbonyl (C=O) groups excluding carboxylic acids is 1. The second-order valence-electron chi connectivity index (χ2n) is 10.5. The quantitative estimate of drug-likeness (QED) is 0.549. The molecule has 2 fully saturated rings. The summed E-state index contributed by atoms with van der Waals surface area (Å²) >= 11 is 0. The second-order valence-corrected chi connectivity index (χ2v) is 10.5. The Morgan fingerprint density at radius 1 is 1.30 bits per heavy atom. The minimum absolute atomic E-state index is 0.170. The molecule has 0 spiro atoms. The van der Waals surface area contributed by atoms with E-state index >= 15 is 0 Å². The molecule has 1 saturated carbocycles. The van der Waals surface area contributed by atoms with Crippen molar-refractivity contribution in [3.63, 3.8) is 0 Å². The second kappa shape index (κ2) is 9.55. The maximum absolute atomic E-state index is 13.3. The van der Waals surface area contributed by atoms with Crippen LogP contribution >= 0.6 is 0 Å². The average Bonchev–Trinajstić information content (AvgIpc) is 3.27. The number of hydrogen-bond acceptors (Lipinski definition) is 9. The van der Waals surface area contributed by atoms with E-state index in [0.29, 0.717) is 19.6 Å². The lowest BCUT2D eigenvalue weighted by atomic mass is 9.88. The number of ether oxygens (including phenoxy) is 1. The van der Waals surface area contributed by atoms with Crippen LogP contribution in [0.5, 0.6) is 6.01 Å². The van der Waals surface area contributed by atoms with E-state index in [-0.39, 0.29) is 36.7 Å². The molecule has 2 aliphatic heterocycles. The minimum atomic E-state index is -2.74. The standard InChI is InChI=1S/C25H31F2N7O3/c1-14(24(2,3)36)30-21(35)20-31-22(33-23(32-20)37-13-16-11-25(16,26)27)34-9-6-15(7-10-34)19-17-5-4-8-28-18(17)12-29-19/h4-5,8,14-16,36H,6-7,9-13H2,1-3H3,(H,30,35)/t14-,16-/m1/s1. The van der Waals surface area contributed by atoms with Crippen LogP contribution < -0.4 is 15.0 Å². The lowest BCUT2D eigenvalue weighted by molar-refractivity contribution is 0.0405. The van der Waals surface area contributed by atoms with Crippen LogP contribution in [0.15, 0.2) is 23.3 Å². The van der Waals surface area contributed by atoms with Gasteiger partial charge in [0.15, 0.2) is 0 Å². The Hall–Kier alpha value is -3.28. The summed E-state index contributed by atoms with van der Waals surface area (Å²) in [5, 5.41) is 12.9. The van der Waals surface area contributed by atoms with Gasteiger partial charge in [0.25, 0.3) is 11.8 Å². The van der Waals surface area contributed by atoms with Gasteiger partial charge in [-0.05, 0) is 45.7 Å². The minimum Gasteiger partial charge on any atom is -0.463 e. The zero-order valence-corrected chi connectivity index (χ0v) is 21.1. The fourth-order valence-corrected chi connectivity index (χ4v) is 4.46. The largest absolute Gasteiger partial charge is 0.463 e. The monoisotopic (exact) mass is 515 g/mol. The van der Waals surface area contributed by atoms with Crippen molar-refractivity contribution >= 4 is 17.6 Å². The number of nitrogens with zero attached hydrogens (tertiary/aromatic N) is 6. The van der Waals surface area contributed by atoms with Crippen molar-refractivity contribution in [2.75, 3.05) is 24.6 Å². The van der Waals surface area contributed by atoms with Crippen LogP contribution in [0, 0.1) is 11.8 Å². The molecule has 37 heavy (non-hydrogen) atoms. The lowest BCUT2D eigenvalue weighted by Gasteiger charge is -2.32. The molecule has 12 heteroatoms. The molecule has 2 N–H and O–H groups in total. The Balaban J connectivity index is 1.31. The first-order valence-electron chi connectivity index (χ1n) is 12.5. The number of anilines is 1. The van der Waals surface area contributed by atoms with Crippen molar-refractivity contribution < 1.29 is 23.4 Å². The highest BCUT2D eigenvalue weighted by molar-refractivity contribution is 6.04. The van der Waals surface area contributed by atoms with E-state index < -0.39 is 29.4 Å². The summed E-state index contributed by atoms with van der Waals surface area (Å²) in [6.07, 6.45) is 3.15. The van der Waals surface area contributed by atoms with Crippen LogP contribution in [-0.2, 0) is 6.54 Å². The molecule has 10 nitrogen and oxygen atoms in total. The Labute approximate surface area is 213 Å². The first-order chi connectivity index (χ1) is 17.5. The number of alkyl halides is 2. The van der Waals surface area contributed by atoms with E-state index in [1.807, 2.05) is 11.0 Å². The summed E-state index contributed by atoms with van der Waals surface area (Å²) in [7, 11) is 0. The van der Waals surface area contributed by atoms with Gasteiger partial charge in [0.2, 0.25) is 11.8 Å². The number of aromatic nitrogens is 4. The zero-order valence-electron chi connectivity index (χ0n) is 21.1. The molecular formula is C25H31F2N7O3. The topological polar surface area (TPSA) is 126 Å². The van der Waals surface area contributed by atoms with Gasteiger partial charge in [-0.3, -0.25) is 14.8 Å². The van der Waals surface area contributed by atoms with Gasteiger partial charge < -0.3 is 20.1 Å². The van der Waals surface area contributed by atoms with Gasteiger partial charge in [-0.1, -0.05) is 0 Å². The van der Waals surface area contributed by atoms with Crippen molar-refractivity contribution in [2.45, 2.75) is 64.1 Å². The van der Waals surface area contributed by atoms with E-state index in [1.165, 1.54) is 0 Å². The molecule has 198 valence electrons. The first-order valence-corrected chi connectivity index (χ1v) is 12.5. The fraction of sp³-hybridized carbons (Fsp3) is 0.600. The van der Waals surface area contributed by atoms with E-state index in [9.17, 15) is 18.7 Å². The lowest BCUT2D eigenvalue weighted by Crippen LogP contribution is -2.47. The number of nitrogens with one attached hydrogen (secondary N) is 1. The molecule has 1 amide bonds. The van der Waals surface area contributed by atoms with Gasteiger partial charge in [-0.15, -0.1) is 0 Å². The number of pyridine rings is 1. The Bertz CT molecular complexity index is 1210. The summed E-state index contributed by atoms with van der Waals surface area (Å²) in [6, 6.07) is 3.22. The molecule has 1 aliphatic carbocycles. The van der Waals surface area contributed by atoms with Crippen molar-refractivity contribution in [1.82, 2.24) is 25.3 Å². The summed E-state index contributed by atoms with van der Waals surface area (Å²) in [6.45, 7) is 6.41. The van der Waals surface area contributed by atoms with Crippen LogP contribution in [0.4, 0.5) is 14.7 Å². The van der Waals surface area contributed by atoms with Gasteiger partial charge in [0, 0.05) is 42.9 Å². The summed E-state index contributed by atoms with van der Waals surface area (Å²) < 4.78 is 32.2. The smallest absolute Gasteiger partial charge is 0.321 e. The number of carbonyl (C=O) groups is 1. The number of aliphatic hydroxyl groups is 1. The van der Waals surface area contributed by atoms with Crippen LogP contribution in [0.2, 0.25) is 0 Å². The normalized spacial score (nSPS) is 21.7. The van der Waals surface area contributed by atoms with Gasteiger partial charge in [0.1, 0.15) is 6.61 Å². The molecule has 0 radical (unpaired) electrons. The zero-order chi connectivity index (χ0) is 26.4. The van der Waals surface area contributed by atoms with E-state index in [0.717, 1.165) is 29.8 Å². The van der Waals surface area contributed by atoms with Gasteiger partial charge >= 0.3 is 6.01 Å². The molecular weight excluding hydrogens is 484 g/mol. The molecule has 2 atom stereocenters. The number of piperidine rings is 1. The van der Waals surface area contributed by atoms with E-state index in [1.54, 1.807) is 27.0 Å². The number of amides is 1. The summed E-state index contributed by atoms with van der Waals surface area (Å²) in [4.78, 5) is 36.8. The Morgan fingerprint density at radius 3 is 2.70 bits per heavy atom. The summed E-state index contributed by atoms with van der Waals surface area (Å²) in [5.74, 6) is -3.91. The summed E-state index contributed by atoms with van der Waals surface area (Å²) in [5.41, 5.74) is 2.01. The maximum Gasteiger partial charge on any atom is 0.321 e. The first kappa shape index (κ1) is 25.4. The number of halogens is 2. The van der Waals surface area contributed by atoms with E-state index in [4.69, 9.17) is 9.73 Å². The molecule has 2 aromatic heterocycles.